The van der Waals surface area contributed by atoms with Crippen LogP contribution in [0.2, 0.25) is 0 Å². The molecule has 2 heterocycles. The lowest BCUT2D eigenvalue weighted by Gasteiger charge is -2.33. The number of hydrogen-bond acceptors (Lipinski definition) is 3. The van der Waals surface area contributed by atoms with E-state index in [2.05, 4.69) is 10.1 Å². The fourth-order valence-corrected chi connectivity index (χ4v) is 2.21. The smallest absolute Gasteiger partial charge is 0.367 e. The summed E-state index contributed by atoms with van der Waals surface area (Å²) in [6.07, 6.45) is -4.62. The third-order valence-electron chi connectivity index (χ3n) is 3.58. The minimum absolute atomic E-state index is 0.114. The van der Waals surface area contributed by atoms with Crippen LogP contribution in [0.1, 0.15) is 6.42 Å². The Hall–Kier alpha value is -0.820. The molecule has 0 aromatic rings. The number of carbonyl (C=O) groups excluding carboxylic acids is 1. The van der Waals surface area contributed by atoms with Gasteiger partial charge in [-0.15, -0.1) is 0 Å². The van der Waals surface area contributed by atoms with Gasteiger partial charge in [0.25, 0.3) is 0 Å². The van der Waals surface area contributed by atoms with Gasteiger partial charge in [0, 0.05) is 33.2 Å². The predicted octanol–water partition coefficient (Wildman–Crippen LogP) is 0.386. The highest BCUT2D eigenvalue weighted by atomic mass is 19.4. The molecule has 1 amide bonds. The van der Waals surface area contributed by atoms with Crippen molar-refractivity contribution in [3.05, 3.63) is 0 Å². The third kappa shape index (κ3) is 2.01. The average molecular weight is 252 g/mol. The number of alkyl halides is 3. The van der Waals surface area contributed by atoms with E-state index in [1.807, 2.05) is 0 Å². The molecule has 0 saturated carbocycles. The van der Waals surface area contributed by atoms with Gasteiger partial charge < -0.3 is 15.0 Å². The maximum absolute atomic E-state index is 12.9. The third-order valence-corrected chi connectivity index (χ3v) is 3.58. The van der Waals surface area contributed by atoms with Gasteiger partial charge in [0.05, 0.1) is 12.5 Å². The molecule has 98 valence electrons. The standard InChI is InChI=1S/C10H15F3N2O2/c1-17-9(10(11,12)13)2-3-15(6-9)8(16)7-4-14-5-7/h7,14H,2-6H2,1H3/t9-/m0/s1. The van der Waals surface area contributed by atoms with Crippen LogP contribution in [0.5, 0.6) is 0 Å². The molecule has 2 aliphatic rings. The van der Waals surface area contributed by atoms with Gasteiger partial charge in [0.2, 0.25) is 5.91 Å². The highest BCUT2D eigenvalue weighted by Crippen LogP contribution is 2.40. The number of hydrogen-bond donors (Lipinski definition) is 1. The molecule has 0 aliphatic carbocycles. The summed E-state index contributed by atoms with van der Waals surface area (Å²) in [5, 5.41) is 2.93. The van der Waals surface area contributed by atoms with Crippen LogP contribution >= 0.6 is 0 Å². The van der Waals surface area contributed by atoms with Crippen LogP contribution < -0.4 is 5.32 Å². The fourth-order valence-electron chi connectivity index (χ4n) is 2.21. The zero-order valence-electron chi connectivity index (χ0n) is 9.51. The second kappa shape index (κ2) is 4.13. The lowest BCUT2D eigenvalue weighted by atomic mass is 10.0. The Morgan fingerprint density at radius 1 is 1.47 bits per heavy atom. The van der Waals surface area contributed by atoms with Gasteiger partial charge in [-0.1, -0.05) is 0 Å². The number of nitrogens with one attached hydrogen (secondary N) is 1. The van der Waals surface area contributed by atoms with E-state index in [4.69, 9.17) is 0 Å². The first kappa shape index (κ1) is 12.6. The molecule has 7 heteroatoms. The number of ether oxygens (including phenoxy) is 1. The highest BCUT2D eigenvalue weighted by Gasteiger charge is 2.59. The first-order chi connectivity index (χ1) is 7.89. The molecule has 0 aromatic carbocycles. The molecular weight excluding hydrogens is 237 g/mol. The lowest BCUT2D eigenvalue weighted by molar-refractivity contribution is -0.263. The van der Waals surface area contributed by atoms with Crippen molar-refractivity contribution in [2.75, 3.05) is 33.3 Å². The van der Waals surface area contributed by atoms with Crippen LogP contribution in [-0.2, 0) is 9.53 Å². The van der Waals surface area contributed by atoms with Crippen molar-refractivity contribution >= 4 is 5.91 Å². The Morgan fingerprint density at radius 2 is 2.12 bits per heavy atom. The summed E-state index contributed by atoms with van der Waals surface area (Å²) in [6, 6.07) is 0. The molecule has 1 N–H and O–H groups in total. The summed E-state index contributed by atoms with van der Waals surface area (Å²) >= 11 is 0. The summed E-state index contributed by atoms with van der Waals surface area (Å²) < 4.78 is 43.3. The van der Waals surface area contributed by atoms with Gasteiger partial charge in [0.1, 0.15) is 0 Å². The number of halogens is 3. The molecule has 1 atom stereocenters. The summed E-state index contributed by atoms with van der Waals surface area (Å²) in [6.45, 7) is 0.841. The molecule has 4 nitrogen and oxygen atoms in total. The summed E-state index contributed by atoms with van der Waals surface area (Å²) in [5.74, 6) is -0.372. The molecule has 0 aromatic heterocycles. The largest absolute Gasteiger partial charge is 0.419 e. The maximum Gasteiger partial charge on any atom is 0.419 e. The van der Waals surface area contributed by atoms with E-state index in [-0.39, 0.29) is 31.3 Å². The first-order valence-corrected chi connectivity index (χ1v) is 5.51. The monoisotopic (exact) mass is 252 g/mol. The van der Waals surface area contributed by atoms with Gasteiger partial charge in [-0.2, -0.15) is 13.2 Å². The van der Waals surface area contributed by atoms with E-state index < -0.39 is 11.8 Å². The molecule has 0 radical (unpaired) electrons. The Kier molecular flexibility index (Phi) is 3.07. The van der Waals surface area contributed by atoms with E-state index in [0.717, 1.165) is 7.11 Å². The number of methoxy groups -OCH3 is 1. The van der Waals surface area contributed by atoms with Gasteiger partial charge in [-0.3, -0.25) is 4.79 Å². The summed E-state index contributed by atoms with van der Waals surface area (Å²) in [5.41, 5.74) is -2.18. The number of carbonyl (C=O) groups is 1. The van der Waals surface area contributed by atoms with Crippen LogP contribution in [-0.4, -0.2) is 55.9 Å². The fraction of sp³-hybridized carbons (Fsp3) is 0.900. The van der Waals surface area contributed by atoms with Crippen LogP contribution in [0, 0.1) is 5.92 Å². The van der Waals surface area contributed by atoms with Gasteiger partial charge in [0.15, 0.2) is 5.60 Å². The topological polar surface area (TPSA) is 41.6 Å². The molecule has 2 aliphatic heterocycles. The van der Waals surface area contributed by atoms with Crippen molar-refractivity contribution in [3.63, 3.8) is 0 Å². The van der Waals surface area contributed by atoms with E-state index >= 15 is 0 Å². The van der Waals surface area contributed by atoms with Crippen molar-refractivity contribution in [2.24, 2.45) is 5.92 Å². The molecule has 2 fully saturated rings. The number of likely N-dealkylation sites (tertiary alicyclic amines) is 1. The van der Waals surface area contributed by atoms with E-state index in [0.29, 0.717) is 13.1 Å². The van der Waals surface area contributed by atoms with Gasteiger partial charge >= 0.3 is 6.18 Å². The first-order valence-electron chi connectivity index (χ1n) is 5.51. The second-order valence-corrected chi connectivity index (χ2v) is 4.56. The second-order valence-electron chi connectivity index (χ2n) is 4.56. The zero-order valence-corrected chi connectivity index (χ0v) is 9.51. The Morgan fingerprint density at radius 3 is 2.47 bits per heavy atom. The Labute approximate surface area is 97.1 Å². The number of amides is 1. The minimum Gasteiger partial charge on any atom is -0.367 e. The minimum atomic E-state index is -4.44. The molecule has 0 bridgehead atoms. The zero-order chi connectivity index (χ0) is 12.7. The van der Waals surface area contributed by atoms with Crippen LogP contribution in [0.15, 0.2) is 0 Å². The molecule has 2 rings (SSSR count). The summed E-state index contributed by atoms with van der Waals surface area (Å²) in [7, 11) is 1.05. The van der Waals surface area contributed by atoms with Gasteiger partial charge in [-0.05, 0) is 0 Å². The molecule has 17 heavy (non-hydrogen) atoms. The van der Waals surface area contributed by atoms with Crippen molar-refractivity contribution in [1.82, 2.24) is 10.2 Å². The Bertz CT molecular complexity index is 317. The van der Waals surface area contributed by atoms with Crippen molar-refractivity contribution < 1.29 is 22.7 Å². The van der Waals surface area contributed by atoms with Crippen molar-refractivity contribution in [3.8, 4) is 0 Å². The van der Waals surface area contributed by atoms with E-state index in [9.17, 15) is 18.0 Å². The van der Waals surface area contributed by atoms with Crippen LogP contribution in [0.4, 0.5) is 13.2 Å². The Balaban J connectivity index is 2.04. The molecule has 2 saturated heterocycles. The predicted molar refractivity (Wildman–Crippen MR) is 53.4 cm³/mol. The van der Waals surface area contributed by atoms with E-state index in [1.165, 1.54) is 4.90 Å². The molecule has 0 spiro atoms. The van der Waals surface area contributed by atoms with Gasteiger partial charge in [-0.25, -0.2) is 0 Å². The van der Waals surface area contributed by atoms with E-state index in [1.54, 1.807) is 0 Å². The lowest BCUT2D eigenvalue weighted by Crippen LogP contribution is -2.54. The van der Waals surface area contributed by atoms with Crippen molar-refractivity contribution in [2.45, 2.75) is 18.2 Å². The molecular formula is C10H15F3N2O2. The number of rotatable bonds is 2. The quantitative estimate of drug-likeness (QED) is 0.772. The van der Waals surface area contributed by atoms with Crippen LogP contribution in [0.3, 0.4) is 0 Å². The molecule has 0 unspecified atom stereocenters. The maximum atomic E-state index is 12.9. The SMILES string of the molecule is CO[C@@]1(C(F)(F)F)CCN(C(=O)C2CNC2)C1. The van der Waals surface area contributed by atoms with Crippen molar-refractivity contribution in [1.29, 1.82) is 0 Å². The van der Waals surface area contributed by atoms with Crippen LogP contribution in [0.25, 0.3) is 0 Å². The highest BCUT2D eigenvalue weighted by molar-refractivity contribution is 5.80. The summed E-state index contributed by atoms with van der Waals surface area (Å²) in [4.78, 5) is 13.1. The average Bonchev–Trinajstić information content (AvgIpc) is 2.58. The number of nitrogens with zero attached hydrogens (tertiary/aromatic N) is 1. The normalized spacial score (nSPS) is 30.5.